The van der Waals surface area contributed by atoms with Crippen LogP contribution >= 0.6 is 0 Å². The molecule has 7 nitrogen and oxygen atoms in total. The van der Waals surface area contributed by atoms with Gasteiger partial charge in [0.15, 0.2) is 0 Å². The molecule has 0 unspecified atom stereocenters. The summed E-state index contributed by atoms with van der Waals surface area (Å²) in [4.78, 5) is 15.2. The van der Waals surface area contributed by atoms with Crippen LogP contribution in [0.4, 0.5) is 0 Å². The minimum Gasteiger partial charge on any atom is -0.493 e. The fourth-order valence-electron chi connectivity index (χ4n) is 6.56. The molecule has 7 heteroatoms. The summed E-state index contributed by atoms with van der Waals surface area (Å²) < 4.78 is 10.3. The molecule has 5 aromatic rings. The van der Waals surface area contributed by atoms with Gasteiger partial charge in [-0.3, -0.25) is 4.68 Å². The largest absolute Gasteiger partial charge is 0.493 e. The zero-order valence-electron chi connectivity index (χ0n) is 24.2. The molecule has 0 saturated heterocycles. The van der Waals surface area contributed by atoms with E-state index >= 15 is 0 Å². The molecular weight excluding hydrogens is 512 g/mol. The lowest BCUT2D eigenvalue weighted by Gasteiger charge is -2.20. The number of carboxylic acids is 1. The van der Waals surface area contributed by atoms with Gasteiger partial charge in [-0.05, 0) is 63.2 Å². The van der Waals surface area contributed by atoms with Crippen LogP contribution in [-0.2, 0) is 26.6 Å². The number of aryl methyl sites for hydroxylation is 4. The van der Waals surface area contributed by atoms with E-state index in [0.29, 0.717) is 25.3 Å². The summed E-state index contributed by atoms with van der Waals surface area (Å²) in [5, 5.41) is 18.6. The van der Waals surface area contributed by atoms with Gasteiger partial charge in [0.2, 0.25) is 0 Å². The second-order valence-electron chi connectivity index (χ2n) is 11.2. The molecule has 1 N–H and O–H groups in total. The summed E-state index contributed by atoms with van der Waals surface area (Å²) in [6, 6.07) is 20.6. The first-order chi connectivity index (χ1) is 19.9. The van der Waals surface area contributed by atoms with Crippen molar-refractivity contribution < 1.29 is 14.6 Å². The lowest BCUT2D eigenvalue weighted by Crippen LogP contribution is -2.21. The van der Waals surface area contributed by atoms with Crippen LogP contribution in [0.1, 0.15) is 53.1 Å². The molecule has 0 spiro atoms. The summed E-state index contributed by atoms with van der Waals surface area (Å²) >= 11 is 0. The average molecular weight is 551 g/mol. The van der Waals surface area contributed by atoms with Crippen molar-refractivity contribution in [3.05, 3.63) is 83.3 Å². The SMILES string of the molecule is Cc1nn(C)c2c1-c1cccc3c(CCCOc4cccc5ccccc45)c(C(=O)O)n(c13)CCCCCN(C)C2. The second kappa shape index (κ2) is 11.4. The zero-order valence-corrected chi connectivity index (χ0v) is 24.2. The molecular formula is C34H38N4O3. The van der Waals surface area contributed by atoms with Crippen LogP contribution in [0.15, 0.2) is 60.7 Å². The fraction of sp³-hybridized carbons (Fsp3) is 0.353. The van der Waals surface area contributed by atoms with Crippen LogP contribution in [0.2, 0.25) is 0 Å². The maximum atomic E-state index is 12.9. The van der Waals surface area contributed by atoms with E-state index in [0.717, 1.165) is 94.3 Å². The Hall–Kier alpha value is -4.10. The lowest BCUT2D eigenvalue weighted by molar-refractivity contribution is 0.0684. The molecule has 0 radical (unpaired) electrons. The third-order valence-electron chi connectivity index (χ3n) is 8.42. The molecule has 0 aliphatic carbocycles. The van der Waals surface area contributed by atoms with Gasteiger partial charge in [0.25, 0.3) is 0 Å². The smallest absolute Gasteiger partial charge is 0.352 e. The number of carbonyl (C=O) groups is 1. The van der Waals surface area contributed by atoms with Gasteiger partial charge in [-0.1, -0.05) is 61.0 Å². The highest BCUT2D eigenvalue weighted by molar-refractivity contribution is 6.04. The van der Waals surface area contributed by atoms with E-state index in [1.807, 2.05) is 36.0 Å². The standard InChI is InChI=1S/C34H38N4O3/c1-23-31-28-16-10-15-26-27(17-11-21-41-30-18-9-13-24-12-5-6-14-25(24)30)33(34(39)40)38(32(26)28)20-8-4-7-19-36(2)22-29(31)37(3)35-23/h5-6,9-10,12-16,18H,4,7-8,11,17,19-22H2,1-3H3,(H,39,40). The van der Waals surface area contributed by atoms with Gasteiger partial charge in [0.1, 0.15) is 11.4 Å². The van der Waals surface area contributed by atoms with Crippen molar-refractivity contribution in [1.82, 2.24) is 19.2 Å². The molecule has 0 bridgehead atoms. The Morgan fingerprint density at radius 2 is 1.71 bits per heavy atom. The van der Waals surface area contributed by atoms with Crippen LogP contribution in [0.5, 0.6) is 5.75 Å². The molecule has 41 heavy (non-hydrogen) atoms. The first-order valence-electron chi connectivity index (χ1n) is 14.6. The van der Waals surface area contributed by atoms with Crippen LogP contribution < -0.4 is 4.74 Å². The van der Waals surface area contributed by atoms with Gasteiger partial charge in [0, 0.05) is 42.0 Å². The van der Waals surface area contributed by atoms with Crippen molar-refractivity contribution in [3.8, 4) is 16.9 Å². The maximum Gasteiger partial charge on any atom is 0.352 e. The van der Waals surface area contributed by atoms with E-state index in [2.05, 4.69) is 59.8 Å². The van der Waals surface area contributed by atoms with Crippen molar-refractivity contribution in [3.63, 3.8) is 0 Å². The summed E-state index contributed by atoms with van der Waals surface area (Å²) in [6.45, 7) is 5.05. The van der Waals surface area contributed by atoms with Crippen molar-refractivity contribution >= 4 is 27.6 Å². The van der Waals surface area contributed by atoms with Gasteiger partial charge in [-0.25, -0.2) is 4.79 Å². The van der Waals surface area contributed by atoms with Crippen molar-refractivity contribution in [2.24, 2.45) is 7.05 Å². The third kappa shape index (κ3) is 5.10. The molecule has 0 saturated carbocycles. The quantitative estimate of drug-likeness (QED) is 0.235. The van der Waals surface area contributed by atoms with Crippen molar-refractivity contribution in [1.29, 1.82) is 0 Å². The van der Waals surface area contributed by atoms with Crippen LogP contribution in [0, 0.1) is 6.92 Å². The molecule has 1 aliphatic rings. The molecule has 0 amide bonds. The Kier molecular flexibility index (Phi) is 7.54. The number of carboxylic acid groups (broad SMARTS) is 1. The van der Waals surface area contributed by atoms with Crippen molar-refractivity contribution in [2.75, 3.05) is 20.2 Å². The number of hydrogen-bond acceptors (Lipinski definition) is 4. The van der Waals surface area contributed by atoms with E-state index in [9.17, 15) is 9.90 Å². The number of fused-ring (bicyclic) bond motifs is 3. The molecule has 2 aromatic heterocycles. The Bertz CT molecular complexity index is 1730. The topological polar surface area (TPSA) is 72.5 Å². The second-order valence-corrected chi connectivity index (χ2v) is 11.2. The minimum absolute atomic E-state index is 0.412. The highest BCUT2D eigenvalue weighted by Gasteiger charge is 2.27. The average Bonchev–Trinajstić information content (AvgIpc) is 3.42. The summed E-state index contributed by atoms with van der Waals surface area (Å²) in [5.41, 5.74) is 6.63. The predicted molar refractivity (Wildman–Crippen MR) is 164 cm³/mol. The maximum absolute atomic E-state index is 12.9. The Balaban J connectivity index is 1.40. The first kappa shape index (κ1) is 27.1. The number of rotatable bonds is 6. The lowest BCUT2D eigenvalue weighted by atomic mass is 9.98. The van der Waals surface area contributed by atoms with Gasteiger partial charge < -0.3 is 19.3 Å². The molecule has 3 heterocycles. The summed E-state index contributed by atoms with van der Waals surface area (Å²) in [7, 11) is 4.18. The van der Waals surface area contributed by atoms with Crippen LogP contribution in [0.25, 0.3) is 32.8 Å². The molecule has 6 rings (SSSR count). The Morgan fingerprint density at radius 3 is 2.56 bits per heavy atom. The minimum atomic E-state index is -0.868. The van der Waals surface area contributed by atoms with E-state index in [1.54, 1.807) is 0 Å². The molecule has 1 aliphatic heterocycles. The fourth-order valence-corrected chi connectivity index (χ4v) is 6.56. The normalized spacial score (nSPS) is 14.5. The molecule has 212 valence electrons. The number of aromatic carboxylic acids is 1. The number of para-hydroxylation sites is 1. The van der Waals surface area contributed by atoms with Crippen LogP contribution in [0.3, 0.4) is 0 Å². The number of ether oxygens (including phenoxy) is 1. The third-order valence-corrected chi connectivity index (χ3v) is 8.42. The Labute approximate surface area is 241 Å². The summed E-state index contributed by atoms with van der Waals surface area (Å²) in [6.07, 6.45) is 4.41. The number of aromatic nitrogens is 3. The molecule has 0 atom stereocenters. The Morgan fingerprint density at radius 1 is 0.951 bits per heavy atom. The first-order valence-corrected chi connectivity index (χ1v) is 14.6. The van der Waals surface area contributed by atoms with Gasteiger partial charge in [-0.2, -0.15) is 5.10 Å². The predicted octanol–water partition coefficient (Wildman–Crippen LogP) is 6.83. The number of hydrogen-bond donors (Lipinski definition) is 1. The monoisotopic (exact) mass is 550 g/mol. The molecule has 3 aromatic carbocycles. The number of benzene rings is 3. The van der Waals surface area contributed by atoms with E-state index < -0.39 is 5.97 Å². The van der Waals surface area contributed by atoms with Crippen LogP contribution in [-0.4, -0.2) is 50.5 Å². The number of nitrogens with zero attached hydrogens (tertiary/aromatic N) is 4. The van der Waals surface area contributed by atoms with Gasteiger partial charge in [-0.15, -0.1) is 0 Å². The molecule has 0 fully saturated rings. The van der Waals surface area contributed by atoms with Gasteiger partial charge in [0.05, 0.1) is 23.5 Å². The van der Waals surface area contributed by atoms with Crippen molar-refractivity contribution in [2.45, 2.75) is 52.1 Å². The highest BCUT2D eigenvalue weighted by atomic mass is 16.5. The summed E-state index contributed by atoms with van der Waals surface area (Å²) in [5.74, 6) is -0.00609. The zero-order chi connectivity index (χ0) is 28.5. The highest BCUT2D eigenvalue weighted by Crippen LogP contribution is 2.39. The van der Waals surface area contributed by atoms with E-state index in [-0.39, 0.29) is 0 Å². The van der Waals surface area contributed by atoms with E-state index in [1.165, 1.54) is 0 Å². The van der Waals surface area contributed by atoms with Gasteiger partial charge >= 0.3 is 5.97 Å². The van der Waals surface area contributed by atoms with E-state index in [4.69, 9.17) is 9.84 Å².